The number of carbonyl (C=O) groups is 3. The number of aliphatic hydroxyl groups excluding tert-OH is 1. The van der Waals surface area contributed by atoms with Crippen molar-refractivity contribution in [3.05, 3.63) is 54.6 Å². The molecule has 3 aromatic rings. The first kappa shape index (κ1) is 33.6. The number of esters is 1. The Bertz CT molecular complexity index is 1860. The maximum Gasteiger partial charge on any atom is 0.490 e. The zero-order valence-electron chi connectivity index (χ0n) is 22.5. The molecule has 2 unspecified atom stereocenters. The molecule has 2 aromatic heterocycles. The molecule has 4 heterocycles. The Morgan fingerprint density at radius 2 is 1.61 bits per heavy atom. The molecular weight excluding hydrogens is 685 g/mol. The topological polar surface area (TPSA) is 323 Å². The van der Waals surface area contributed by atoms with Crippen LogP contribution in [0.5, 0.6) is 0 Å². The van der Waals surface area contributed by atoms with Crippen LogP contribution >= 0.6 is 23.5 Å². The number of nitrogens with zero attached hydrogens (tertiary/aromatic N) is 5. The van der Waals surface area contributed by atoms with Crippen LogP contribution in [0, 0.1) is 0 Å². The van der Waals surface area contributed by atoms with Crippen molar-refractivity contribution in [2.45, 2.75) is 24.5 Å². The average molecular weight is 706 g/mol. The molecule has 5 rings (SSSR count). The van der Waals surface area contributed by atoms with E-state index in [0.717, 1.165) is 29.7 Å². The molecule has 1 saturated heterocycles. The summed E-state index contributed by atoms with van der Waals surface area (Å²) in [5.74, 6) is -2.25. The number of aliphatic hydroxyl groups is 1. The molecule has 0 saturated carbocycles. The van der Waals surface area contributed by atoms with Gasteiger partial charge in [-0.25, -0.2) is 38.3 Å². The number of imidazole rings is 1. The first-order valence-corrected chi connectivity index (χ1v) is 16.9. The summed E-state index contributed by atoms with van der Waals surface area (Å²) in [4.78, 5) is 86.4. The minimum absolute atomic E-state index is 0.0368. The van der Waals surface area contributed by atoms with Crippen LogP contribution in [0.25, 0.3) is 11.2 Å². The highest BCUT2D eigenvalue weighted by molar-refractivity contribution is 7.66. The van der Waals surface area contributed by atoms with Gasteiger partial charge in [-0.3, -0.25) is 18.7 Å². The van der Waals surface area contributed by atoms with Gasteiger partial charge in [-0.15, -0.1) is 0 Å². The van der Waals surface area contributed by atoms with Gasteiger partial charge >= 0.3 is 29.4 Å². The van der Waals surface area contributed by atoms with E-state index in [-0.39, 0.29) is 28.2 Å². The van der Waals surface area contributed by atoms with Crippen LogP contribution < -0.4 is 10.6 Å². The second kappa shape index (κ2) is 12.5. The summed E-state index contributed by atoms with van der Waals surface area (Å²) < 4.78 is 59.1. The summed E-state index contributed by atoms with van der Waals surface area (Å²) in [7, 11) is -17.1. The van der Waals surface area contributed by atoms with Gasteiger partial charge in [-0.2, -0.15) is 8.62 Å². The number of phosphoric ester groups is 1. The van der Waals surface area contributed by atoms with Gasteiger partial charge in [0, 0.05) is 12.2 Å². The molecule has 2 aliphatic heterocycles. The minimum atomic E-state index is -5.83. The van der Waals surface area contributed by atoms with Crippen molar-refractivity contribution in [2.75, 3.05) is 17.2 Å². The van der Waals surface area contributed by atoms with Crippen molar-refractivity contribution in [2.24, 2.45) is 0 Å². The molecule has 246 valence electrons. The van der Waals surface area contributed by atoms with Crippen molar-refractivity contribution in [1.82, 2.24) is 19.5 Å². The fourth-order valence-corrected chi connectivity index (χ4v) is 7.36. The van der Waals surface area contributed by atoms with Crippen LogP contribution in [0.1, 0.15) is 16.6 Å². The molecule has 46 heavy (non-hydrogen) atoms. The smallest absolute Gasteiger partial charge is 0.451 e. The SMILES string of the molecule is Nc1ncnc2c1ncn2[C@@H]1O[C@H](COP(=O)(O)OP(=O)(O)OP(=O)(O)O)[C@@H](O)[C@H]1OC(=O)c1ccc(N2C(=O)C=CC2=O)cc1. The van der Waals surface area contributed by atoms with Crippen LogP contribution in [0.4, 0.5) is 11.5 Å². The summed E-state index contributed by atoms with van der Waals surface area (Å²) in [6.07, 6.45) is -2.17. The molecule has 2 amide bonds. The van der Waals surface area contributed by atoms with Gasteiger partial charge < -0.3 is 39.9 Å². The number of rotatable bonds is 11. The number of imide groups is 1. The van der Waals surface area contributed by atoms with Crippen molar-refractivity contribution < 1.29 is 75.4 Å². The van der Waals surface area contributed by atoms with E-state index in [2.05, 4.69) is 28.1 Å². The zero-order valence-corrected chi connectivity index (χ0v) is 25.2. The Morgan fingerprint density at radius 1 is 0.957 bits per heavy atom. The molecule has 0 bridgehead atoms. The molecule has 1 aromatic carbocycles. The molecule has 6 atom stereocenters. The van der Waals surface area contributed by atoms with Crippen LogP contribution in [-0.2, 0) is 45.9 Å². The standard InChI is InChI=1S/C21H21N6O16P3/c22-18-15-19(24-8-23-18)26(9-25-15)20-17(41-21(31)10-1-3-11(4-2-10)27-13(28)5-6-14(27)29)16(30)12(40-20)7-39-45(35,36)43-46(37,38)42-44(32,33)34/h1-6,8-9,12,16-17,20,30H,7H2,(H,35,36)(H,37,38)(H2,22,23,24)(H2,32,33,34)/t12-,16-,17-,20-/m1/s1. The Hall–Kier alpha value is -3.75. The molecule has 0 aliphatic carbocycles. The fourth-order valence-electron chi connectivity index (χ4n) is 4.33. The van der Waals surface area contributed by atoms with E-state index in [1.807, 2.05) is 0 Å². The maximum atomic E-state index is 13.1. The molecule has 7 N–H and O–H groups in total. The number of nitrogens with two attached hydrogens (primary N) is 1. The number of amides is 2. The van der Waals surface area contributed by atoms with Gasteiger partial charge in [0.2, 0.25) is 0 Å². The predicted octanol–water partition coefficient (Wildman–Crippen LogP) is -0.335. The van der Waals surface area contributed by atoms with Crippen molar-refractivity contribution in [3.8, 4) is 0 Å². The van der Waals surface area contributed by atoms with E-state index in [4.69, 9.17) is 25.0 Å². The van der Waals surface area contributed by atoms with Crippen molar-refractivity contribution in [1.29, 1.82) is 0 Å². The highest BCUT2D eigenvalue weighted by Crippen LogP contribution is 2.66. The lowest BCUT2D eigenvalue weighted by atomic mass is 10.1. The third kappa shape index (κ3) is 7.29. The van der Waals surface area contributed by atoms with E-state index in [1.165, 1.54) is 28.8 Å². The Labute approximate surface area is 255 Å². The van der Waals surface area contributed by atoms with Crippen molar-refractivity contribution in [3.63, 3.8) is 0 Å². The first-order valence-electron chi connectivity index (χ1n) is 12.4. The normalized spacial score (nSPS) is 24.3. The summed E-state index contributed by atoms with van der Waals surface area (Å²) in [5.41, 5.74) is 6.04. The number of benzene rings is 1. The molecule has 0 radical (unpaired) electrons. The number of fused-ring (bicyclic) bond motifs is 1. The molecule has 1 fully saturated rings. The van der Waals surface area contributed by atoms with Crippen LogP contribution in [0.2, 0.25) is 0 Å². The molecular formula is C21H21N6O16P3. The van der Waals surface area contributed by atoms with Gasteiger partial charge in [0.25, 0.3) is 11.8 Å². The molecule has 25 heteroatoms. The van der Waals surface area contributed by atoms with E-state index in [1.54, 1.807) is 0 Å². The minimum Gasteiger partial charge on any atom is -0.451 e. The predicted molar refractivity (Wildman–Crippen MR) is 147 cm³/mol. The summed E-state index contributed by atoms with van der Waals surface area (Å²) in [6, 6.07) is 5.07. The third-order valence-electron chi connectivity index (χ3n) is 6.21. The van der Waals surface area contributed by atoms with E-state index in [9.17, 15) is 43.0 Å². The number of aromatic nitrogens is 4. The number of anilines is 2. The Kier molecular flexibility index (Phi) is 9.10. The number of nitrogen functional groups attached to an aromatic ring is 1. The van der Waals surface area contributed by atoms with Crippen LogP contribution in [0.15, 0.2) is 49.1 Å². The highest BCUT2D eigenvalue weighted by atomic mass is 31.3. The lowest BCUT2D eigenvalue weighted by molar-refractivity contribution is -0.120. The van der Waals surface area contributed by atoms with Gasteiger partial charge in [-0.1, -0.05) is 0 Å². The van der Waals surface area contributed by atoms with Crippen LogP contribution in [-0.4, -0.2) is 86.9 Å². The molecule has 0 spiro atoms. The van der Waals surface area contributed by atoms with Gasteiger partial charge in [0.05, 0.1) is 24.2 Å². The maximum absolute atomic E-state index is 13.1. The van der Waals surface area contributed by atoms with Gasteiger partial charge in [-0.05, 0) is 24.3 Å². The Morgan fingerprint density at radius 3 is 2.24 bits per heavy atom. The largest absolute Gasteiger partial charge is 0.490 e. The molecule has 22 nitrogen and oxygen atoms in total. The monoisotopic (exact) mass is 706 g/mol. The summed E-state index contributed by atoms with van der Waals surface area (Å²) in [5, 5.41) is 11.1. The second-order valence-corrected chi connectivity index (χ2v) is 13.7. The number of hydrogen-bond donors (Lipinski definition) is 6. The fraction of sp³-hybridized carbons (Fsp3) is 0.238. The second-order valence-electron chi connectivity index (χ2n) is 9.29. The number of carbonyl (C=O) groups excluding carboxylic acids is 3. The number of phosphoric acid groups is 3. The van der Waals surface area contributed by atoms with Gasteiger partial charge in [0.15, 0.2) is 23.8 Å². The zero-order chi connectivity index (χ0) is 33.6. The van der Waals surface area contributed by atoms with Crippen LogP contribution in [0.3, 0.4) is 0 Å². The lowest BCUT2D eigenvalue weighted by Crippen LogP contribution is -2.37. The highest BCUT2D eigenvalue weighted by Gasteiger charge is 2.49. The molecule has 2 aliphatic rings. The van der Waals surface area contributed by atoms with E-state index in [0.29, 0.717) is 0 Å². The summed E-state index contributed by atoms with van der Waals surface area (Å²) >= 11 is 0. The lowest BCUT2D eigenvalue weighted by Gasteiger charge is -2.22. The van der Waals surface area contributed by atoms with E-state index >= 15 is 0 Å². The number of ether oxygens (including phenoxy) is 2. The van der Waals surface area contributed by atoms with E-state index < -0.39 is 72.4 Å². The number of hydrogen-bond acceptors (Lipinski definition) is 16. The summed E-state index contributed by atoms with van der Waals surface area (Å²) in [6.45, 7) is -1.08. The first-order chi connectivity index (χ1) is 21.4. The quantitative estimate of drug-likeness (QED) is 0.0844. The van der Waals surface area contributed by atoms with Gasteiger partial charge in [0.1, 0.15) is 24.1 Å². The average Bonchev–Trinajstić information content (AvgIpc) is 3.61. The third-order valence-corrected chi connectivity index (χ3v) is 10.0. The van der Waals surface area contributed by atoms with Crippen molar-refractivity contribution >= 4 is 63.9 Å². The Balaban J connectivity index is 1.37.